The van der Waals surface area contributed by atoms with E-state index in [-0.39, 0.29) is 0 Å². The fraction of sp³-hybridized carbons (Fsp3) is 0.733. The number of nitrogens with one attached hydrogen (secondary N) is 2. The highest BCUT2D eigenvalue weighted by Gasteiger charge is 2.20. The van der Waals surface area contributed by atoms with Crippen molar-refractivity contribution in [2.45, 2.75) is 32.6 Å². The monoisotopic (exact) mass is 310 g/mol. The number of thiazole rings is 1. The van der Waals surface area contributed by atoms with Crippen LogP contribution in [0.3, 0.4) is 0 Å². The van der Waals surface area contributed by atoms with Crippen molar-refractivity contribution >= 4 is 17.3 Å². The molecule has 0 unspecified atom stereocenters. The maximum atomic E-state index is 5.61. The van der Waals surface area contributed by atoms with Crippen LogP contribution in [0.2, 0.25) is 0 Å². The van der Waals surface area contributed by atoms with Crippen molar-refractivity contribution in [2.24, 2.45) is 10.9 Å². The number of aromatic nitrogens is 1. The second-order valence-corrected chi connectivity index (χ2v) is 6.73. The predicted octanol–water partition coefficient (Wildman–Crippen LogP) is 1.98. The highest BCUT2D eigenvalue weighted by molar-refractivity contribution is 7.11. The van der Waals surface area contributed by atoms with Crippen molar-refractivity contribution in [1.29, 1.82) is 0 Å². The minimum absolute atomic E-state index is 0.832. The molecule has 5 nitrogen and oxygen atoms in total. The summed E-state index contributed by atoms with van der Waals surface area (Å²) in [5.74, 6) is 1.70. The van der Waals surface area contributed by atoms with Gasteiger partial charge in [-0.15, -0.1) is 11.3 Å². The number of ether oxygens (including phenoxy) is 1. The van der Waals surface area contributed by atoms with Crippen LogP contribution in [-0.4, -0.2) is 44.3 Å². The molecule has 1 saturated carbocycles. The molecular weight excluding hydrogens is 284 g/mol. The van der Waals surface area contributed by atoms with Crippen LogP contribution in [0.1, 0.15) is 29.1 Å². The van der Waals surface area contributed by atoms with E-state index in [2.05, 4.69) is 27.5 Å². The van der Waals surface area contributed by atoms with Crippen molar-refractivity contribution in [3.8, 4) is 0 Å². The molecule has 2 N–H and O–H groups in total. The molecule has 21 heavy (non-hydrogen) atoms. The van der Waals surface area contributed by atoms with E-state index in [1.165, 1.54) is 22.7 Å². The maximum absolute atomic E-state index is 5.61. The number of guanidine groups is 1. The molecule has 118 valence electrons. The van der Waals surface area contributed by atoms with Gasteiger partial charge in [-0.25, -0.2) is 4.98 Å². The van der Waals surface area contributed by atoms with Gasteiger partial charge in [0.05, 0.1) is 5.01 Å². The van der Waals surface area contributed by atoms with Crippen LogP contribution in [0.5, 0.6) is 0 Å². The maximum Gasteiger partial charge on any atom is 0.190 e. The Balaban J connectivity index is 1.49. The average Bonchev–Trinajstić information content (AvgIpc) is 3.22. The zero-order chi connectivity index (χ0) is 14.9. The predicted molar refractivity (Wildman–Crippen MR) is 88.1 cm³/mol. The summed E-state index contributed by atoms with van der Waals surface area (Å²) in [6, 6.07) is 0. The van der Waals surface area contributed by atoms with Gasteiger partial charge >= 0.3 is 0 Å². The van der Waals surface area contributed by atoms with Crippen LogP contribution < -0.4 is 10.6 Å². The molecule has 1 aliphatic carbocycles. The lowest BCUT2D eigenvalue weighted by Crippen LogP contribution is -2.39. The summed E-state index contributed by atoms with van der Waals surface area (Å²) < 4.78 is 5.61. The Labute approximate surface area is 131 Å². The Morgan fingerprint density at radius 2 is 2.24 bits per heavy atom. The van der Waals surface area contributed by atoms with E-state index in [0.29, 0.717) is 0 Å². The molecule has 0 bridgehead atoms. The summed E-state index contributed by atoms with van der Waals surface area (Å²) in [7, 11) is 1.80. The molecule has 0 aromatic carbocycles. The molecule has 1 aromatic rings. The number of nitrogens with zero attached hydrogens (tertiary/aromatic N) is 2. The van der Waals surface area contributed by atoms with E-state index < -0.39 is 0 Å². The normalized spacial score (nSPS) is 15.2. The molecule has 6 heteroatoms. The lowest BCUT2D eigenvalue weighted by molar-refractivity contribution is 0.123. The smallest absolute Gasteiger partial charge is 0.190 e. The summed E-state index contributed by atoms with van der Waals surface area (Å²) in [6.07, 6.45) is 6.58. The SMILES string of the molecule is CN=C(NCCCOCC1CC1)NCCc1ncc(C)s1. The molecule has 0 aliphatic heterocycles. The number of hydrogen-bond donors (Lipinski definition) is 2. The van der Waals surface area contributed by atoms with Gasteiger partial charge in [0, 0.05) is 50.8 Å². The van der Waals surface area contributed by atoms with Crippen LogP contribution in [0, 0.1) is 12.8 Å². The van der Waals surface area contributed by atoms with Crippen molar-refractivity contribution in [3.63, 3.8) is 0 Å². The first-order valence-corrected chi connectivity index (χ1v) is 8.53. The van der Waals surface area contributed by atoms with Gasteiger partial charge in [0.1, 0.15) is 0 Å². The van der Waals surface area contributed by atoms with E-state index in [1.807, 2.05) is 6.20 Å². The Morgan fingerprint density at radius 3 is 2.90 bits per heavy atom. The van der Waals surface area contributed by atoms with E-state index in [0.717, 1.165) is 51.0 Å². The number of aliphatic imine (C=N–C) groups is 1. The molecule has 1 heterocycles. The van der Waals surface area contributed by atoms with Gasteiger partial charge in [0.25, 0.3) is 0 Å². The lowest BCUT2D eigenvalue weighted by Gasteiger charge is -2.11. The van der Waals surface area contributed by atoms with E-state index >= 15 is 0 Å². The number of aryl methyl sites for hydroxylation is 1. The summed E-state index contributed by atoms with van der Waals surface area (Å²) in [5, 5.41) is 7.79. The highest BCUT2D eigenvalue weighted by Crippen LogP contribution is 2.28. The topological polar surface area (TPSA) is 58.5 Å². The first-order chi connectivity index (χ1) is 10.3. The summed E-state index contributed by atoms with van der Waals surface area (Å²) >= 11 is 1.75. The summed E-state index contributed by atoms with van der Waals surface area (Å²) in [5.41, 5.74) is 0. The van der Waals surface area contributed by atoms with Crippen molar-refractivity contribution < 1.29 is 4.74 Å². The standard InChI is InChI=1S/C15H26N4OS/c1-12-10-19-14(21-12)6-8-18-15(16-2)17-7-3-9-20-11-13-4-5-13/h10,13H,3-9,11H2,1-2H3,(H2,16,17,18). The van der Waals surface area contributed by atoms with Crippen molar-refractivity contribution in [2.75, 3.05) is 33.4 Å². The minimum Gasteiger partial charge on any atom is -0.381 e. The van der Waals surface area contributed by atoms with Crippen molar-refractivity contribution in [1.82, 2.24) is 15.6 Å². The average molecular weight is 310 g/mol. The van der Waals surface area contributed by atoms with Gasteiger partial charge in [-0.05, 0) is 32.1 Å². The van der Waals surface area contributed by atoms with E-state index in [1.54, 1.807) is 18.4 Å². The fourth-order valence-electron chi connectivity index (χ4n) is 1.94. The third-order valence-electron chi connectivity index (χ3n) is 3.33. The first-order valence-electron chi connectivity index (χ1n) is 7.71. The van der Waals surface area contributed by atoms with E-state index in [9.17, 15) is 0 Å². The van der Waals surface area contributed by atoms with Gasteiger partial charge < -0.3 is 15.4 Å². The first kappa shape index (κ1) is 16.2. The molecule has 0 amide bonds. The molecule has 0 radical (unpaired) electrons. The summed E-state index contributed by atoms with van der Waals surface area (Å²) in [4.78, 5) is 9.84. The van der Waals surface area contributed by atoms with Crippen LogP contribution >= 0.6 is 11.3 Å². The quantitative estimate of drug-likeness (QED) is 0.416. The molecule has 1 aliphatic rings. The number of hydrogen-bond acceptors (Lipinski definition) is 4. The van der Waals surface area contributed by atoms with Crippen LogP contribution in [0.25, 0.3) is 0 Å². The molecule has 1 aromatic heterocycles. The minimum atomic E-state index is 0.832. The zero-order valence-electron chi connectivity index (χ0n) is 13.0. The summed E-state index contributed by atoms with van der Waals surface area (Å²) in [6.45, 7) is 5.60. The molecule has 0 atom stereocenters. The van der Waals surface area contributed by atoms with Gasteiger partial charge in [-0.1, -0.05) is 0 Å². The lowest BCUT2D eigenvalue weighted by atomic mass is 10.4. The van der Waals surface area contributed by atoms with Gasteiger partial charge in [0.15, 0.2) is 5.96 Å². The fourth-order valence-corrected chi connectivity index (χ4v) is 2.73. The third kappa shape index (κ3) is 6.91. The second-order valence-electron chi connectivity index (χ2n) is 5.41. The van der Waals surface area contributed by atoms with Crippen molar-refractivity contribution in [3.05, 3.63) is 16.1 Å². The highest BCUT2D eigenvalue weighted by atomic mass is 32.1. The molecular formula is C15H26N4OS. The number of rotatable bonds is 9. The largest absolute Gasteiger partial charge is 0.381 e. The molecule has 0 spiro atoms. The Hall–Kier alpha value is -1.14. The van der Waals surface area contributed by atoms with Gasteiger partial charge in [-0.2, -0.15) is 0 Å². The molecule has 1 fully saturated rings. The Bertz CT molecular complexity index is 443. The third-order valence-corrected chi connectivity index (χ3v) is 4.30. The second kappa shape index (κ2) is 9.00. The Kier molecular flexibility index (Phi) is 6.95. The zero-order valence-corrected chi connectivity index (χ0v) is 13.8. The van der Waals surface area contributed by atoms with Crippen LogP contribution in [0.15, 0.2) is 11.2 Å². The van der Waals surface area contributed by atoms with Gasteiger partial charge in [0.2, 0.25) is 0 Å². The van der Waals surface area contributed by atoms with Crippen LogP contribution in [0.4, 0.5) is 0 Å². The molecule has 0 saturated heterocycles. The van der Waals surface area contributed by atoms with Gasteiger partial charge in [-0.3, -0.25) is 4.99 Å². The molecule has 2 rings (SSSR count). The Morgan fingerprint density at radius 1 is 1.43 bits per heavy atom. The van der Waals surface area contributed by atoms with Crippen LogP contribution in [-0.2, 0) is 11.2 Å². The van der Waals surface area contributed by atoms with E-state index in [4.69, 9.17) is 4.74 Å².